The number of ketones is 1. The average Bonchev–Trinajstić information content (AvgIpc) is 2.69. The Balaban J connectivity index is 1.61. The maximum atomic E-state index is 12.1. The lowest BCUT2D eigenvalue weighted by Gasteiger charge is -2.36. The van der Waals surface area contributed by atoms with Crippen LogP contribution in [-0.4, -0.2) is 41.8 Å². The molecular weight excluding hydrogens is 252 g/mol. The van der Waals surface area contributed by atoms with E-state index in [1.807, 2.05) is 6.07 Å². The molecule has 2 aliphatic rings. The van der Waals surface area contributed by atoms with Crippen molar-refractivity contribution in [1.82, 2.24) is 10.2 Å². The molecule has 2 atom stereocenters. The molecule has 2 unspecified atom stereocenters. The fourth-order valence-electron chi connectivity index (χ4n) is 3.50. The Morgan fingerprint density at radius 2 is 1.70 bits per heavy atom. The van der Waals surface area contributed by atoms with E-state index in [4.69, 9.17) is 0 Å². The van der Waals surface area contributed by atoms with Crippen LogP contribution in [0.3, 0.4) is 0 Å². The molecule has 0 aromatic heterocycles. The predicted octanol–water partition coefficient (Wildman–Crippen LogP) is 1.61. The number of nitrogens with one attached hydrogen (secondary N) is 1. The largest absolute Gasteiger partial charge is 0.346 e. The van der Waals surface area contributed by atoms with Crippen LogP contribution in [0.25, 0.3) is 0 Å². The van der Waals surface area contributed by atoms with Crippen LogP contribution in [0.2, 0.25) is 0 Å². The van der Waals surface area contributed by atoms with Crippen LogP contribution >= 0.6 is 0 Å². The van der Waals surface area contributed by atoms with E-state index in [0.29, 0.717) is 17.6 Å². The van der Waals surface area contributed by atoms with Crippen LogP contribution in [0.15, 0.2) is 30.3 Å². The second-order valence-corrected chi connectivity index (χ2v) is 5.89. The zero-order chi connectivity index (χ0) is 14.1. The first-order valence-corrected chi connectivity index (χ1v) is 7.27. The van der Waals surface area contributed by atoms with Crippen molar-refractivity contribution in [2.24, 2.45) is 0 Å². The summed E-state index contributed by atoms with van der Waals surface area (Å²) in [6, 6.07) is 10.0. The monoisotopic (exact) mass is 272 g/mol. The highest BCUT2D eigenvalue weighted by Gasteiger charge is 2.39. The SMILES string of the molecule is CN1C2CCC1CC(NC(=O)C(=O)c1ccccc1)C2. The van der Waals surface area contributed by atoms with E-state index >= 15 is 0 Å². The molecule has 4 heteroatoms. The van der Waals surface area contributed by atoms with Gasteiger partial charge in [-0.2, -0.15) is 0 Å². The summed E-state index contributed by atoms with van der Waals surface area (Å²) in [5, 5.41) is 2.92. The smallest absolute Gasteiger partial charge is 0.292 e. The van der Waals surface area contributed by atoms with Gasteiger partial charge in [-0.05, 0) is 32.7 Å². The minimum Gasteiger partial charge on any atom is -0.346 e. The number of amides is 1. The summed E-state index contributed by atoms with van der Waals surface area (Å²) in [7, 11) is 2.16. The number of fused-ring (bicyclic) bond motifs is 2. The maximum Gasteiger partial charge on any atom is 0.292 e. The summed E-state index contributed by atoms with van der Waals surface area (Å²) >= 11 is 0. The van der Waals surface area contributed by atoms with Gasteiger partial charge in [0.1, 0.15) is 0 Å². The standard InChI is InChI=1S/C16H20N2O2/c1-18-13-7-8-14(18)10-12(9-13)17-16(20)15(19)11-5-3-2-4-6-11/h2-6,12-14H,7-10H2,1H3,(H,17,20). The van der Waals surface area contributed by atoms with Gasteiger partial charge in [-0.1, -0.05) is 30.3 Å². The molecule has 0 saturated carbocycles. The third-order valence-electron chi connectivity index (χ3n) is 4.68. The minimum atomic E-state index is -0.467. The first-order valence-electron chi connectivity index (χ1n) is 7.27. The van der Waals surface area contributed by atoms with E-state index < -0.39 is 11.7 Å². The van der Waals surface area contributed by atoms with Crippen LogP contribution in [-0.2, 0) is 4.79 Å². The summed E-state index contributed by atoms with van der Waals surface area (Å²) in [4.78, 5) is 26.5. The van der Waals surface area contributed by atoms with Gasteiger partial charge in [-0.3, -0.25) is 9.59 Å². The fraction of sp³-hybridized carbons (Fsp3) is 0.500. The molecule has 0 aliphatic carbocycles. The molecule has 20 heavy (non-hydrogen) atoms. The number of Topliss-reactive ketones (excluding diaryl/α,β-unsaturated/α-hetero) is 1. The molecule has 2 fully saturated rings. The van der Waals surface area contributed by atoms with Gasteiger partial charge in [0.25, 0.3) is 5.91 Å². The third kappa shape index (κ3) is 2.48. The van der Waals surface area contributed by atoms with Gasteiger partial charge in [0.15, 0.2) is 0 Å². The summed E-state index contributed by atoms with van der Waals surface area (Å²) in [5.41, 5.74) is 0.459. The van der Waals surface area contributed by atoms with Crippen LogP contribution in [0, 0.1) is 0 Å². The lowest BCUT2D eigenvalue weighted by Crippen LogP contribution is -2.50. The summed E-state index contributed by atoms with van der Waals surface area (Å²) in [6.07, 6.45) is 4.34. The fourth-order valence-corrected chi connectivity index (χ4v) is 3.50. The molecule has 0 radical (unpaired) electrons. The zero-order valence-electron chi connectivity index (χ0n) is 11.7. The van der Waals surface area contributed by atoms with Gasteiger partial charge >= 0.3 is 0 Å². The molecule has 1 amide bonds. The molecule has 3 rings (SSSR count). The number of benzene rings is 1. The maximum absolute atomic E-state index is 12.1. The summed E-state index contributed by atoms with van der Waals surface area (Å²) < 4.78 is 0. The predicted molar refractivity (Wildman–Crippen MR) is 76.5 cm³/mol. The van der Waals surface area contributed by atoms with Crippen molar-refractivity contribution < 1.29 is 9.59 Å². The lowest BCUT2D eigenvalue weighted by atomic mass is 9.97. The lowest BCUT2D eigenvalue weighted by molar-refractivity contribution is -0.118. The molecule has 1 aromatic carbocycles. The Labute approximate surface area is 119 Å². The van der Waals surface area contributed by atoms with E-state index in [1.165, 1.54) is 12.8 Å². The van der Waals surface area contributed by atoms with Gasteiger partial charge in [0.2, 0.25) is 5.78 Å². The van der Waals surface area contributed by atoms with E-state index in [9.17, 15) is 9.59 Å². The first-order chi connectivity index (χ1) is 9.65. The van der Waals surface area contributed by atoms with E-state index in [2.05, 4.69) is 17.3 Å². The number of hydrogen-bond acceptors (Lipinski definition) is 3. The van der Waals surface area contributed by atoms with Gasteiger partial charge in [0, 0.05) is 23.7 Å². The molecule has 2 heterocycles. The first kappa shape index (κ1) is 13.3. The van der Waals surface area contributed by atoms with Crippen molar-refractivity contribution in [3.8, 4) is 0 Å². The van der Waals surface area contributed by atoms with Gasteiger partial charge in [-0.15, -0.1) is 0 Å². The second-order valence-electron chi connectivity index (χ2n) is 5.89. The van der Waals surface area contributed by atoms with Gasteiger partial charge in [0.05, 0.1) is 0 Å². The van der Waals surface area contributed by atoms with Crippen molar-refractivity contribution in [2.75, 3.05) is 7.05 Å². The third-order valence-corrected chi connectivity index (χ3v) is 4.68. The topological polar surface area (TPSA) is 49.4 Å². The van der Waals surface area contributed by atoms with Crippen molar-refractivity contribution in [3.63, 3.8) is 0 Å². The van der Waals surface area contributed by atoms with Gasteiger partial charge in [-0.25, -0.2) is 0 Å². The number of carbonyl (C=O) groups is 2. The minimum absolute atomic E-state index is 0.142. The normalized spacial score (nSPS) is 29.1. The number of nitrogens with zero attached hydrogens (tertiary/aromatic N) is 1. The van der Waals surface area contributed by atoms with Crippen molar-refractivity contribution in [3.05, 3.63) is 35.9 Å². The van der Waals surface area contributed by atoms with Crippen LogP contribution in [0.4, 0.5) is 0 Å². The highest BCUT2D eigenvalue weighted by Crippen LogP contribution is 2.34. The molecule has 1 aromatic rings. The molecule has 2 bridgehead atoms. The number of hydrogen-bond donors (Lipinski definition) is 1. The zero-order valence-corrected chi connectivity index (χ0v) is 11.7. The van der Waals surface area contributed by atoms with Crippen LogP contribution < -0.4 is 5.32 Å². The molecular formula is C16H20N2O2. The van der Waals surface area contributed by atoms with Crippen molar-refractivity contribution in [1.29, 1.82) is 0 Å². The molecule has 1 N–H and O–H groups in total. The van der Waals surface area contributed by atoms with E-state index in [1.54, 1.807) is 24.3 Å². The summed E-state index contributed by atoms with van der Waals surface area (Å²) in [5.74, 6) is -0.901. The number of rotatable bonds is 3. The Kier molecular flexibility index (Phi) is 3.57. The summed E-state index contributed by atoms with van der Waals surface area (Å²) in [6.45, 7) is 0. The van der Waals surface area contributed by atoms with Crippen molar-refractivity contribution in [2.45, 2.75) is 43.8 Å². The highest BCUT2D eigenvalue weighted by atomic mass is 16.2. The molecule has 2 saturated heterocycles. The van der Waals surface area contributed by atoms with E-state index in [-0.39, 0.29) is 6.04 Å². The second kappa shape index (κ2) is 5.37. The average molecular weight is 272 g/mol. The molecule has 0 spiro atoms. The quantitative estimate of drug-likeness (QED) is 0.672. The highest BCUT2D eigenvalue weighted by molar-refractivity contribution is 6.42. The van der Waals surface area contributed by atoms with E-state index in [0.717, 1.165) is 12.8 Å². The Hall–Kier alpha value is -1.68. The Morgan fingerprint density at radius 1 is 1.10 bits per heavy atom. The number of carbonyl (C=O) groups excluding carboxylic acids is 2. The van der Waals surface area contributed by atoms with Crippen LogP contribution in [0.1, 0.15) is 36.0 Å². The Morgan fingerprint density at radius 3 is 2.30 bits per heavy atom. The molecule has 2 aliphatic heterocycles. The van der Waals surface area contributed by atoms with Crippen LogP contribution in [0.5, 0.6) is 0 Å². The van der Waals surface area contributed by atoms with Crippen molar-refractivity contribution >= 4 is 11.7 Å². The Bertz CT molecular complexity index is 500. The number of piperidine rings is 1. The molecule has 106 valence electrons. The molecule has 4 nitrogen and oxygen atoms in total. The van der Waals surface area contributed by atoms with Gasteiger partial charge < -0.3 is 10.2 Å².